The van der Waals surface area contributed by atoms with Crippen LogP contribution >= 0.6 is 11.8 Å². The van der Waals surface area contributed by atoms with E-state index in [2.05, 4.69) is 31.2 Å². The molecule has 0 heterocycles. The molecule has 0 saturated heterocycles. The number of hydrogen-bond acceptors (Lipinski definition) is 2. The second-order valence-corrected chi connectivity index (χ2v) is 5.74. The Kier molecular flexibility index (Phi) is 7.58. The van der Waals surface area contributed by atoms with Crippen LogP contribution < -0.4 is 0 Å². The molecule has 0 spiro atoms. The summed E-state index contributed by atoms with van der Waals surface area (Å²) in [4.78, 5) is 11.7. The van der Waals surface area contributed by atoms with E-state index in [0.717, 1.165) is 25.0 Å². The summed E-state index contributed by atoms with van der Waals surface area (Å²) in [5.41, 5.74) is 1.30. The standard InChI is InChI=1S/C15H22O2S/c1-13-8-10-14(11-9-13)18-12-6-4-2-3-5-7-15(16)17/h8-11H,2-7,12H2,1H3,(H,16,17). The van der Waals surface area contributed by atoms with E-state index in [9.17, 15) is 4.79 Å². The van der Waals surface area contributed by atoms with E-state index in [4.69, 9.17) is 5.11 Å². The topological polar surface area (TPSA) is 37.3 Å². The van der Waals surface area contributed by atoms with Crippen molar-refractivity contribution in [2.45, 2.75) is 50.3 Å². The number of carboxylic acids is 1. The number of hydrogen-bond donors (Lipinski definition) is 1. The highest BCUT2D eigenvalue weighted by Gasteiger charge is 1.97. The lowest BCUT2D eigenvalue weighted by Gasteiger charge is -2.02. The van der Waals surface area contributed by atoms with Crippen LogP contribution in [0.2, 0.25) is 0 Å². The fraction of sp³-hybridized carbons (Fsp3) is 0.533. The van der Waals surface area contributed by atoms with Crippen LogP contribution in [0.3, 0.4) is 0 Å². The Bertz CT molecular complexity index is 346. The average molecular weight is 266 g/mol. The molecule has 0 amide bonds. The fourth-order valence-corrected chi connectivity index (χ4v) is 2.65. The fourth-order valence-electron chi connectivity index (χ4n) is 1.73. The van der Waals surface area contributed by atoms with Gasteiger partial charge >= 0.3 is 5.97 Å². The lowest BCUT2D eigenvalue weighted by atomic mass is 10.1. The van der Waals surface area contributed by atoms with Gasteiger partial charge in [-0.15, -0.1) is 11.8 Å². The van der Waals surface area contributed by atoms with Crippen LogP contribution in [0.15, 0.2) is 29.2 Å². The molecule has 0 fully saturated rings. The van der Waals surface area contributed by atoms with Gasteiger partial charge in [0.1, 0.15) is 0 Å². The van der Waals surface area contributed by atoms with E-state index in [0.29, 0.717) is 6.42 Å². The van der Waals surface area contributed by atoms with E-state index < -0.39 is 5.97 Å². The second kappa shape index (κ2) is 9.03. The van der Waals surface area contributed by atoms with E-state index >= 15 is 0 Å². The number of thioether (sulfide) groups is 1. The summed E-state index contributed by atoms with van der Waals surface area (Å²) >= 11 is 1.90. The van der Waals surface area contributed by atoms with Crippen molar-refractivity contribution in [1.82, 2.24) is 0 Å². The number of aliphatic carboxylic acids is 1. The Morgan fingerprint density at radius 2 is 1.67 bits per heavy atom. The zero-order chi connectivity index (χ0) is 13.2. The number of aryl methyl sites for hydroxylation is 1. The normalized spacial score (nSPS) is 10.5. The molecule has 1 aromatic rings. The summed E-state index contributed by atoms with van der Waals surface area (Å²) in [6.07, 6.45) is 5.76. The number of carboxylic acid groups (broad SMARTS) is 1. The molecule has 0 aromatic heterocycles. The monoisotopic (exact) mass is 266 g/mol. The van der Waals surface area contributed by atoms with Gasteiger partial charge in [0.15, 0.2) is 0 Å². The summed E-state index contributed by atoms with van der Waals surface area (Å²) in [6, 6.07) is 8.64. The van der Waals surface area contributed by atoms with E-state index in [1.165, 1.54) is 23.3 Å². The molecule has 0 aliphatic carbocycles. The van der Waals surface area contributed by atoms with Crippen molar-refractivity contribution in [3.05, 3.63) is 29.8 Å². The molecule has 0 aliphatic rings. The first-order chi connectivity index (χ1) is 8.68. The van der Waals surface area contributed by atoms with Gasteiger partial charge in [0.25, 0.3) is 0 Å². The lowest BCUT2D eigenvalue weighted by molar-refractivity contribution is -0.137. The third kappa shape index (κ3) is 7.38. The lowest BCUT2D eigenvalue weighted by Crippen LogP contribution is -1.93. The van der Waals surface area contributed by atoms with Crippen molar-refractivity contribution in [3.63, 3.8) is 0 Å². The summed E-state index contributed by atoms with van der Waals surface area (Å²) in [7, 11) is 0. The number of rotatable bonds is 9. The van der Waals surface area contributed by atoms with Crippen molar-refractivity contribution >= 4 is 17.7 Å². The van der Waals surface area contributed by atoms with Crippen molar-refractivity contribution in [2.24, 2.45) is 0 Å². The molecule has 0 aliphatic heterocycles. The molecule has 2 nitrogen and oxygen atoms in total. The van der Waals surface area contributed by atoms with Gasteiger partial charge in [-0.3, -0.25) is 4.79 Å². The third-order valence-electron chi connectivity index (χ3n) is 2.82. The summed E-state index contributed by atoms with van der Waals surface area (Å²) in [5, 5.41) is 8.50. The van der Waals surface area contributed by atoms with Gasteiger partial charge in [0.2, 0.25) is 0 Å². The highest BCUT2D eigenvalue weighted by molar-refractivity contribution is 7.99. The molecule has 1 rings (SSSR count). The summed E-state index contributed by atoms with van der Waals surface area (Å²) in [6.45, 7) is 2.10. The maximum atomic E-state index is 10.3. The molecule has 0 atom stereocenters. The first kappa shape index (κ1) is 15.1. The molecular weight excluding hydrogens is 244 g/mol. The summed E-state index contributed by atoms with van der Waals surface area (Å²) in [5.74, 6) is 0.479. The predicted octanol–water partition coefficient (Wildman–Crippen LogP) is 4.51. The molecule has 0 bridgehead atoms. The SMILES string of the molecule is Cc1ccc(SCCCCCCCC(=O)O)cc1. The largest absolute Gasteiger partial charge is 0.481 e. The first-order valence-electron chi connectivity index (χ1n) is 6.60. The summed E-state index contributed by atoms with van der Waals surface area (Å²) < 4.78 is 0. The average Bonchev–Trinajstić information content (AvgIpc) is 2.34. The zero-order valence-electron chi connectivity index (χ0n) is 11.0. The molecule has 3 heteroatoms. The molecular formula is C15H22O2S. The zero-order valence-corrected chi connectivity index (χ0v) is 11.8. The predicted molar refractivity (Wildman–Crippen MR) is 77.2 cm³/mol. The van der Waals surface area contributed by atoms with Gasteiger partial charge in [0.05, 0.1) is 0 Å². The van der Waals surface area contributed by atoms with Gasteiger partial charge in [-0.25, -0.2) is 0 Å². The van der Waals surface area contributed by atoms with Gasteiger partial charge < -0.3 is 5.11 Å². The number of benzene rings is 1. The minimum Gasteiger partial charge on any atom is -0.481 e. The van der Waals surface area contributed by atoms with Crippen LogP contribution in [0.5, 0.6) is 0 Å². The second-order valence-electron chi connectivity index (χ2n) is 4.57. The van der Waals surface area contributed by atoms with Crippen LogP contribution in [-0.4, -0.2) is 16.8 Å². The Morgan fingerprint density at radius 3 is 2.33 bits per heavy atom. The molecule has 18 heavy (non-hydrogen) atoms. The molecule has 0 unspecified atom stereocenters. The quantitative estimate of drug-likeness (QED) is 0.527. The van der Waals surface area contributed by atoms with E-state index in [1.54, 1.807) is 0 Å². The molecule has 0 radical (unpaired) electrons. The first-order valence-corrected chi connectivity index (χ1v) is 7.58. The highest BCUT2D eigenvalue weighted by atomic mass is 32.2. The number of carbonyl (C=O) groups is 1. The molecule has 100 valence electrons. The Morgan fingerprint density at radius 1 is 1.06 bits per heavy atom. The minimum absolute atomic E-state index is 0.318. The van der Waals surface area contributed by atoms with Gasteiger partial charge in [-0.1, -0.05) is 37.0 Å². The minimum atomic E-state index is -0.676. The van der Waals surface area contributed by atoms with Crippen LogP contribution in [-0.2, 0) is 4.79 Å². The van der Waals surface area contributed by atoms with Crippen LogP contribution in [0.4, 0.5) is 0 Å². The van der Waals surface area contributed by atoms with Gasteiger partial charge in [0, 0.05) is 11.3 Å². The van der Waals surface area contributed by atoms with Gasteiger partial charge in [-0.2, -0.15) is 0 Å². The number of unbranched alkanes of at least 4 members (excludes halogenated alkanes) is 4. The maximum Gasteiger partial charge on any atom is 0.303 e. The smallest absolute Gasteiger partial charge is 0.303 e. The molecule has 1 N–H and O–H groups in total. The van der Waals surface area contributed by atoms with Crippen molar-refractivity contribution < 1.29 is 9.90 Å². The molecule has 1 aromatic carbocycles. The van der Waals surface area contributed by atoms with Crippen molar-refractivity contribution in [3.8, 4) is 0 Å². The van der Waals surface area contributed by atoms with Crippen molar-refractivity contribution in [2.75, 3.05) is 5.75 Å². The van der Waals surface area contributed by atoms with E-state index in [-0.39, 0.29) is 0 Å². The van der Waals surface area contributed by atoms with Crippen LogP contribution in [0.1, 0.15) is 44.1 Å². The Balaban J connectivity index is 1.95. The van der Waals surface area contributed by atoms with Crippen molar-refractivity contribution in [1.29, 1.82) is 0 Å². The Labute approximate surface area is 114 Å². The van der Waals surface area contributed by atoms with Gasteiger partial charge in [-0.05, 0) is 37.7 Å². The van der Waals surface area contributed by atoms with Crippen LogP contribution in [0, 0.1) is 6.92 Å². The van der Waals surface area contributed by atoms with E-state index in [1.807, 2.05) is 11.8 Å². The maximum absolute atomic E-state index is 10.3. The third-order valence-corrected chi connectivity index (χ3v) is 3.92. The highest BCUT2D eigenvalue weighted by Crippen LogP contribution is 2.20. The van der Waals surface area contributed by atoms with Crippen LogP contribution in [0.25, 0.3) is 0 Å². The Hall–Kier alpha value is -0.960. The molecule has 0 saturated carbocycles.